The SMILES string of the molecule is Cc1cccc(C)c1COc1cc(NC(=O)C2CCCCC2)ccc1N(C)S(C)(=O)=O. The van der Waals surface area contributed by atoms with E-state index in [-0.39, 0.29) is 11.8 Å². The van der Waals surface area contributed by atoms with Gasteiger partial charge in [0.1, 0.15) is 12.4 Å². The number of amides is 1. The molecule has 1 aliphatic rings. The quantitative estimate of drug-likeness (QED) is 0.666. The molecule has 0 aliphatic heterocycles. The van der Waals surface area contributed by atoms with Crippen molar-refractivity contribution in [3.63, 3.8) is 0 Å². The van der Waals surface area contributed by atoms with Crippen molar-refractivity contribution in [1.82, 2.24) is 0 Å². The normalized spacial score (nSPS) is 14.8. The molecular formula is C24H32N2O4S. The molecule has 0 radical (unpaired) electrons. The smallest absolute Gasteiger partial charge is 0.232 e. The molecule has 0 atom stereocenters. The zero-order valence-electron chi connectivity index (χ0n) is 18.8. The van der Waals surface area contributed by atoms with Gasteiger partial charge in [0.05, 0.1) is 11.9 Å². The number of aryl methyl sites for hydroxylation is 2. The molecule has 31 heavy (non-hydrogen) atoms. The average molecular weight is 445 g/mol. The second kappa shape index (κ2) is 9.73. The lowest BCUT2D eigenvalue weighted by atomic mass is 9.88. The Kier molecular flexibility index (Phi) is 7.26. The van der Waals surface area contributed by atoms with Crippen LogP contribution in [0.5, 0.6) is 5.75 Å². The van der Waals surface area contributed by atoms with E-state index < -0.39 is 10.0 Å². The Bertz CT molecular complexity index is 1020. The fourth-order valence-corrected chi connectivity index (χ4v) is 4.49. The number of carbonyl (C=O) groups excluding carboxylic acids is 1. The summed E-state index contributed by atoms with van der Waals surface area (Å²) in [6, 6.07) is 11.2. The lowest BCUT2D eigenvalue weighted by Crippen LogP contribution is -2.26. The van der Waals surface area contributed by atoms with Gasteiger partial charge in [-0.15, -0.1) is 0 Å². The molecule has 1 N–H and O–H groups in total. The highest BCUT2D eigenvalue weighted by molar-refractivity contribution is 7.92. The largest absolute Gasteiger partial charge is 0.487 e. The number of rotatable bonds is 7. The maximum Gasteiger partial charge on any atom is 0.232 e. The van der Waals surface area contributed by atoms with E-state index in [0.717, 1.165) is 48.6 Å². The summed E-state index contributed by atoms with van der Waals surface area (Å²) in [5.41, 5.74) is 4.33. The Morgan fingerprint density at radius 1 is 1.10 bits per heavy atom. The van der Waals surface area contributed by atoms with Crippen LogP contribution in [0.4, 0.5) is 11.4 Å². The molecule has 0 spiro atoms. The third-order valence-electron chi connectivity index (χ3n) is 6.06. The highest BCUT2D eigenvalue weighted by Crippen LogP contribution is 2.34. The Balaban J connectivity index is 1.87. The fourth-order valence-electron chi connectivity index (χ4n) is 3.98. The summed E-state index contributed by atoms with van der Waals surface area (Å²) in [6.07, 6.45) is 6.33. The lowest BCUT2D eigenvalue weighted by Gasteiger charge is -2.23. The Morgan fingerprint density at radius 2 is 1.74 bits per heavy atom. The molecule has 2 aromatic carbocycles. The van der Waals surface area contributed by atoms with Crippen LogP contribution in [0, 0.1) is 19.8 Å². The highest BCUT2D eigenvalue weighted by Gasteiger charge is 2.22. The molecule has 1 aliphatic carbocycles. The van der Waals surface area contributed by atoms with E-state index in [1.165, 1.54) is 17.8 Å². The van der Waals surface area contributed by atoms with Gasteiger partial charge in [-0.25, -0.2) is 8.42 Å². The van der Waals surface area contributed by atoms with Gasteiger partial charge in [-0.1, -0.05) is 37.5 Å². The molecule has 0 saturated heterocycles. The van der Waals surface area contributed by atoms with Crippen LogP contribution in [0.2, 0.25) is 0 Å². The molecule has 0 unspecified atom stereocenters. The third kappa shape index (κ3) is 5.79. The minimum absolute atomic E-state index is 0.0182. The number of hydrogen-bond donors (Lipinski definition) is 1. The van der Waals surface area contributed by atoms with E-state index in [9.17, 15) is 13.2 Å². The number of ether oxygens (including phenoxy) is 1. The van der Waals surface area contributed by atoms with Crippen LogP contribution in [0.1, 0.15) is 48.8 Å². The molecule has 1 saturated carbocycles. The van der Waals surface area contributed by atoms with Gasteiger partial charge < -0.3 is 10.1 Å². The molecule has 3 rings (SSSR count). The van der Waals surface area contributed by atoms with Gasteiger partial charge in [0.15, 0.2) is 0 Å². The van der Waals surface area contributed by atoms with Crippen molar-refractivity contribution >= 4 is 27.3 Å². The fraction of sp³-hybridized carbons (Fsp3) is 0.458. The molecule has 2 aromatic rings. The second-order valence-electron chi connectivity index (χ2n) is 8.40. The number of hydrogen-bond acceptors (Lipinski definition) is 4. The summed E-state index contributed by atoms with van der Waals surface area (Å²) in [7, 11) is -1.97. The first kappa shape index (κ1) is 23.1. The third-order valence-corrected chi connectivity index (χ3v) is 7.25. The van der Waals surface area contributed by atoms with Crippen LogP contribution in [-0.4, -0.2) is 27.6 Å². The van der Waals surface area contributed by atoms with Crippen LogP contribution >= 0.6 is 0 Å². The standard InChI is InChI=1S/C24H32N2O4S/c1-17-9-8-10-18(2)21(17)16-30-23-15-20(13-14-22(23)26(3)31(4,28)29)25-24(27)19-11-6-5-7-12-19/h8-10,13-15,19H,5-7,11-12,16H2,1-4H3,(H,25,27). The predicted molar refractivity (Wildman–Crippen MR) is 125 cm³/mol. The van der Waals surface area contributed by atoms with Crippen molar-refractivity contribution in [3.8, 4) is 5.75 Å². The van der Waals surface area contributed by atoms with Crippen molar-refractivity contribution in [2.75, 3.05) is 22.9 Å². The summed E-state index contributed by atoms with van der Waals surface area (Å²) in [5, 5.41) is 2.99. The topological polar surface area (TPSA) is 75.7 Å². The van der Waals surface area contributed by atoms with Gasteiger partial charge in [0, 0.05) is 24.7 Å². The summed E-state index contributed by atoms with van der Waals surface area (Å²) < 4.78 is 31.6. The van der Waals surface area contributed by atoms with Gasteiger partial charge in [-0.2, -0.15) is 0 Å². The van der Waals surface area contributed by atoms with Gasteiger partial charge in [0.2, 0.25) is 15.9 Å². The molecule has 7 heteroatoms. The van der Waals surface area contributed by atoms with Gasteiger partial charge in [-0.3, -0.25) is 9.10 Å². The van der Waals surface area contributed by atoms with Crippen LogP contribution in [0.25, 0.3) is 0 Å². The van der Waals surface area contributed by atoms with E-state index in [1.807, 2.05) is 32.0 Å². The van der Waals surface area contributed by atoms with E-state index in [0.29, 0.717) is 23.7 Å². The first-order valence-electron chi connectivity index (χ1n) is 10.7. The van der Waals surface area contributed by atoms with Crippen LogP contribution < -0.4 is 14.4 Å². The van der Waals surface area contributed by atoms with Crippen molar-refractivity contribution in [2.45, 2.75) is 52.6 Å². The summed E-state index contributed by atoms with van der Waals surface area (Å²) in [5.74, 6) is 0.466. The number of anilines is 2. The molecule has 1 fully saturated rings. The molecule has 0 bridgehead atoms. The molecule has 6 nitrogen and oxygen atoms in total. The van der Waals surface area contributed by atoms with Crippen LogP contribution in [0.3, 0.4) is 0 Å². The van der Waals surface area contributed by atoms with Crippen LogP contribution in [0.15, 0.2) is 36.4 Å². The van der Waals surface area contributed by atoms with Gasteiger partial charge in [-0.05, 0) is 55.5 Å². The van der Waals surface area contributed by atoms with E-state index in [1.54, 1.807) is 18.2 Å². The Hall–Kier alpha value is -2.54. The molecule has 0 heterocycles. The van der Waals surface area contributed by atoms with Crippen molar-refractivity contribution in [1.29, 1.82) is 0 Å². The summed E-state index contributed by atoms with van der Waals surface area (Å²) in [4.78, 5) is 12.7. The summed E-state index contributed by atoms with van der Waals surface area (Å²) >= 11 is 0. The van der Waals surface area contributed by atoms with E-state index in [4.69, 9.17) is 4.74 Å². The summed E-state index contributed by atoms with van der Waals surface area (Å²) in [6.45, 7) is 4.36. The lowest BCUT2D eigenvalue weighted by molar-refractivity contribution is -0.120. The number of sulfonamides is 1. The van der Waals surface area contributed by atoms with E-state index >= 15 is 0 Å². The maximum absolute atomic E-state index is 12.7. The predicted octanol–water partition coefficient (Wildman–Crippen LogP) is 4.80. The molecule has 0 aromatic heterocycles. The van der Waals surface area contributed by atoms with Crippen molar-refractivity contribution < 1.29 is 17.9 Å². The highest BCUT2D eigenvalue weighted by atomic mass is 32.2. The number of carbonyl (C=O) groups is 1. The number of nitrogens with one attached hydrogen (secondary N) is 1. The first-order valence-corrected chi connectivity index (χ1v) is 12.6. The zero-order chi connectivity index (χ0) is 22.6. The molecule has 168 valence electrons. The first-order chi connectivity index (χ1) is 14.7. The molecular weight excluding hydrogens is 412 g/mol. The minimum Gasteiger partial charge on any atom is -0.487 e. The second-order valence-corrected chi connectivity index (χ2v) is 10.4. The van der Waals surface area contributed by atoms with Crippen LogP contribution in [-0.2, 0) is 21.4 Å². The number of nitrogens with zero attached hydrogens (tertiary/aromatic N) is 1. The number of benzene rings is 2. The van der Waals surface area contributed by atoms with E-state index in [2.05, 4.69) is 5.32 Å². The Morgan fingerprint density at radius 3 is 2.35 bits per heavy atom. The minimum atomic E-state index is -3.46. The zero-order valence-corrected chi connectivity index (χ0v) is 19.6. The van der Waals surface area contributed by atoms with Crippen molar-refractivity contribution in [2.24, 2.45) is 5.92 Å². The Labute approximate surface area is 185 Å². The van der Waals surface area contributed by atoms with Gasteiger partial charge >= 0.3 is 0 Å². The molecule has 1 amide bonds. The monoisotopic (exact) mass is 444 g/mol. The maximum atomic E-state index is 12.7. The van der Waals surface area contributed by atoms with Gasteiger partial charge in [0.25, 0.3) is 0 Å². The van der Waals surface area contributed by atoms with Crippen molar-refractivity contribution in [3.05, 3.63) is 53.1 Å². The average Bonchev–Trinajstić information content (AvgIpc) is 2.73.